The van der Waals surface area contributed by atoms with Gasteiger partial charge in [-0.1, -0.05) is 13.8 Å². The van der Waals surface area contributed by atoms with E-state index in [0.29, 0.717) is 11.0 Å². The molecule has 0 aliphatic carbocycles. The molecule has 0 radical (unpaired) electrons. The second-order valence-electron chi connectivity index (χ2n) is 4.71. The van der Waals surface area contributed by atoms with Crippen LogP contribution >= 0.6 is 35.9 Å². The first-order valence-corrected chi connectivity index (χ1v) is 7.08. The Labute approximate surface area is 116 Å². The molecule has 0 aromatic heterocycles. The van der Waals surface area contributed by atoms with Crippen molar-refractivity contribution in [2.45, 2.75) is 23.6 Å². The number of hydrogen-bond donors (Lipinski definition) is 1. The van der Waals surface area contributed by atoms with Crippen molar-refractivity contribution in [1.82, 2.24) is 0 Å². The average molecular weight is 291 g/mol. The van der Waals surface area contributed by atoms with Crippen molar-refractivity contribution in [2.24, 2.45) is 5.41 Å². The van der Waals surface area contributed by atoms with Gasteiger partial charge in [0.15, 0.2) is 0 Å². The van der Waals surface area contributed by atoms with E-state index in [1.807, 2.05) is 17.8 Å². The van der Waals surface area contributed by atoms with Gasteiger partial charge in [0.1, 0.15) is 0 Å². The van der Waals surface area contributed by atoms with Crippen molar-refractivity contribution in [3.05, 3.63) is 23.8 Å². The van der Waals surface area contributed by atoms with Crippen LogP contribution in [0.4, 0.5) is 0 Å². The lowest BCUT2D eigenvalue weighted by Gasteiger charge is -2.19. The summed E-state index contributed by atoms with van der Waals surface area (Å²) in [7, 11) is 0. The molecule has 1 N–H and O–H groups in total. The van der Waals surface area contributed by atoms with E-state index in [4.69, 9.17) is 5.11 Å². The first-order valence-electron chi connectivity index (χ1n) is 5.11. The highest BCUT2D eigenvalue weighted by Gasteiger charge is 2.24. The third-order valence-corrected chi connectivity index (χ3v) is 5.72. The lowest BCUT2D eigenvalue weighted by molar-refractivity contribution is 0.0696. The van der Waals surface area contributed by atoms with Gasteiger partial charge in [0.2, 0.25) is 0 Å². The van der Waals surface area contributed by atoms with Crippen LogP contribution in [-0.4, -0.2) is 22.6 Å². The highest BCUT2D eigenvalue weighted by molar-refractivity contribution is 8.03. The van der Waals surface area contributed by atoms with Crippen LogP contribution in [0.1, 0.15) is 24.2 Å². The highest BCUT2D eigenvalue weighted by atomic mass is 35.5. The van der Waals surface area contributed by atoms with E-state index in [1.165, 1.54) is 4.90 Å². The Morgan fingerprint density at radius 3 is 2.41 bits per heavy atom. The van der Waals surface area contributed by atoms with E-state index in [-0.39, 0.29) is 12.4 Å². The van der Waals surface area contributed by atoms with E-state index >= 15 is 0 Å². The van der Waals surface area contributed by atoms with Gasteiger partial charge in [-0.25, -0.2) is 4.79 Å². The second kappa shape index (κ2) is 5.55. The van der Waals surface area contributed by atoms with Crippen LogP contribution in [0, 0.1) is 5.41 Å². The zero-order valence-corrected chi connectivity index (χ0v) is 12.2. The predicted molar refractivity (Wildman–Crippen MR) is 75.9 cm³/mol. The SMILES string of the molecule is CC1(C)CSc2ccc(C(=O)O)cc2SC1.Cl. The quantitative estimate of drug-likeness (QED) is 0.847. The Balaban J connectivity index is 0.00000144. The standard InChI is InChI=1S/C12H14O2S2.ClH/c1-12(2)6-15-9-4-3-8(11(13)14)5-10(9)16-7-12;/h3-5H,6-7H2,1-2H3,(H,13,14);1H. The maximum Gasteiger partial charge on any atom is 0.335 e. The number of hydrogen-bond acceptors (Lipinski definition) is 3. The lowest BCUT2D eigenvalue weighted by atomic mass is 10.0. The lowest BCUT2D eigenvalue weighted by Crippen LogP contribution is -2.16. The largest absolute Gasteiger partial charge is 0.478 e. The molecule has 1 aromatic rings. The smallest absolute Gasteiger partial charge is 0.335 e. The average Bonchev–Trinajstić information content (AvgIpc) is 2.38. The van der Waals surface area contributed by atoms with Crippen molar-refractivity contribution in [3.8, 4) is 0 Å². The minimum Gasteiger partial charge on any atom is -0.478 e. The van der Waals surface area contributed by atoms with Crippen LogP contribution in [0.25, 0.3) is 0 Å². The van der Waals surface area contributed by atoms with Crippen LogP contribution in [0.15, 0.2) is 28.0 Å². The predicted octanol–water partition coefficient (Wildman–Crippen LogP) is 4.03. The number of fused-ring (bicyclic) bond motifs is 1. The summed E-state index contributed by atoms with van der Waals surface area (Å²) >= 11 is 3.59. The molecular formula is C12H15ClO2S2. The molecule has 0 spiro atoms. The molecule has 1 aliphatic rings. The second-order valence-corrected chi connectivity index (χ2v) is 6.74. The topological polar surface area (TPSA) is 37.3 Å². The summed E-state index contributed by atoms with van der Waals surface area (Å²) in [4.78, 5) is 13.2. The summed E-state index contributed by atoms with van der Waals surface area (Å²) in [6.45, 7) is 4.49. The number of halogens is 1. The number of aromatic carboxylic acids is 1. The van der Waals surface area contributed by atoms with E-state index in [2.05, 4.69) is 13.8 Å². The van der Waals surface area contributed by atoms with E-state index in [1.54, 1.807) is 23.9 Å². The molecule has 1 aliphatic heterocycles. The molecule has 0 amide bonds. The number of rotatable bonds is 1. The Kier molecular flexibility index (Phi) is 4.81. The number of carboxylic acid groups (broad SMARTS) is 1. The zero-order valence-electron chi connectivity index (χ0n) is 9.73. The normalized spacial score (nSPS) is 17.5. The van der Waals surface area contributed by atoms with Gasteiger partial charge in [0.25, 0.3) is 0 Å². The molecule has 0 saturated heterocycles. The number of carbonyl (C=O) groups is 1. The monoisotopic (exact) mass is 290 g/mol. The van der Waals surface area contributed by atoms with Gasteiger partial charge in [-0.05, 0) is 23.6 Å². The molecule has 1 heterocycles. The van der Waals surface area contributed by atoms with Crippen molar-refractivity contribution in [3.63, 3.8) is 0 Å². The summed E-state index contributed by atoms with van der Waals surface area (Å²) in [5.41, 5.74) is 0.684. The summed E-state index contributed by atoms with van der Waals surface area (Å²) in [5, 5.41) is 8.94. The van der Waals surface area contributed by atoms with Gasteiger partial charge < -0.3 is 5.11 Å². The molecule has 5 heteroatoms. The fourth-order valence-electron chi connectivity index (χ4n) is 1.46. The van der Waals surface area contributed by atoms with E-state index in [0.717, 1.165) is 16.4 Å². The molecule has 0 bridgehead atoms. The minimum absolute atomic E-state index is 0. The van der Waals surface area contributed by atoms with Crippen molar-refractivity contribution < 1.29 is 9.90 Å². The third kappa shape index (κ3) is 3.57. The third-order valence-electron chi connectivity index (χ3n) is 2.43. The van der Waals surface area contributed by atoms with Gasteiger partial charge >= 0.3 is 5.97 Å². The van der Waals surface area contributed by atoms with Gasteiger partial charge in [-0.15, -0.1) is 35.9 Å². The van der Waals surface area contributed by atoms with Crippen LogP contribution in [0.5, 0.6) is 0 Å². The van der Waals surface area contributed by atoms with Gasteiger partial charge in [-0.3, -0.25) is 0 Å². The fourth-order valence-corrected chi connectivity index (χ4v) is 4.03. The van der Waals surface area contributed by atoms with E-state index in [9.17, 15) is 4.79 Å². The summed E-state index contributed by atoms with van der Waals surface area (Å²) in [6.07, 6.45) is 0. The molecular weight excluding hydrogens is 276 g/mol. The molecule has 0 atom stereocenters. The first-order chi connectivity index (χ1) is 7.48. The Hall–Kier alpha value is -0.320. The minimum atomic E-state index is -0.850. The van der Waals surface area contributed by atoms with Crippen LogP contribution in [0.2, 0.25) is 0 Å². The Bertz CT molecular complexity index is 433. The van der Waals surface area contributed by atoms with Crippen molar-refractivity contribution in [2.75, 3.05) is 11.5 Å². The zero-order chi connectivity index (χ0) is 11.8. The molecule has 94 valence electrons. The maximum atomic E-state index is 10.9. The molecule has 2 nitrogen and oxygen atoms in total. The van der Waals surface area contributed by atoms with E-state index < -0.39 is 5.97 Å². The molecule has 0 unspecified atom stereocenters. The molecule has 17 heavy (non-hydrogen) atoms. The fraction of sp³-hybridized carbons (Fsp3) is 0.417. The van der Waals surface area contributed by atoms with Crippen molar-refractivity contribution in [1.29, 1.82) is 0 Å². The molecule has 1 aromatic carbocycles. The van der Waals surface area contributed by atoms with Crippen molar-refractivity contribution >= 4 is 41.9 Å². The van der Waals surface area contributed by atoms with Crippen LogP contribution in [0.3, 0.4) is 0 Å². The Morgan fingerprint density at radius 1 is 1.24 bits per heavy atom. The molecule has 2 rings (SSSR count). The molecule has 0 fully saturated rings. The van der Waals surface area contributed by atoms with Gasteiger partial charge in [0.05, 0.1) is 5.56 Å². The van der Waals surface area contributed by atoms with Gasteiger partial charge in [-0.2, -0.15) is 0 Å². The summed E-state index contributed by atoms with van der Waals surface area (Å²) in [5.74, 6) is 1.27. The maximum absolute atomic E-state index is 10.9. The van der Waals surface area contributed by atoms with Crippen LogP contribution < -0.4 is 0 Å². The Morgan fingerprint density at radius 2 is 1.82 bits per heavy atom. The van der Waals surface area contributed by atoms with Gasteiger partial charge in [0, 0.05) is 21.3 Å². The highest BCUT2D eigenvalue weighted by Crippen LogP contribution is 2.42. The molecule has 0 saturated carbocycles. The first kappa shape index (κ1) is 14.7. The number of benzene rings is 1. The summed E-state index contributed by atoms with van der Waals surface area (Å²) in [6, 6.07) is 5.40. The van der Waals surface area contributed by atoms with Crippen LogP contribution in [-0.2, 0) is 0 Å². The summed E-state index contributed by atoms with van der Waals surface area (Å²) < 4.78 is 0. The number of thioether (sulfide) groups is 2. The number of carboxylic acids is 1.